The summed E-state index contributed by atoms with van der Waals surface area (Å²) in [4.78, 5) is 21.2. The van der Waals surface area contributed by atoms with Crippen LogP contribution in [0.3, 0.4) is 0 Å². The predicted molar refractivity (Wildman–Crippen MR) is 74.9 cm³/mol. The average Bonchev–Trinajstić information content (AvgIpc) is 3.10. The van der Waals surface area contributed by atoms with Crippen LogP contribution >= 0.6 is 0 Å². The zero-order valence-electron chi connectivity index (χ0n) is 11.0. The van der Waals surface area contributed by atoms with Crippen LogP contribution in [-0.2, 0) is 4.79 Å². The van der Waals surface area contributed by atoms with Gasteiger partial charge in [0.05, 0.1) is 23.6 Å². The summed E-state index contributed by atoms with van der Waals surface area (Å²) in [5.74, 6) is 0.516. The number of para-hydroxylation sites is 2. The molecule has 1 aromatic carbocycles. The van der Waals surface area contributed by atoms with Crippen molar-refractivity contribution in [2.45, 2.75) is 18.9 Å². The number of imidazole rings is 1. The summed E-state index contributed by atoms with van der Waals surface area (Å²) in [5.41, 5.74) is 1.79. The molecule has 0 radical (unpaired) electrons. The Morgan fingerprint density at radius 3 is 3.20 bits per heavy atom. The van der Waals surface area contributed by atoms with E-state index >= 15 is 0 Å². The molecule has 2 heterocycles. The molecule has 1 aromatic heterocycles. The van der Waals surface area contributed by atoms with Gasteiger partial charge in [0.2, 0.25) is 11.9 Å². The van der Waals surface area contributed by atoms with Crippen molar-refractivity contribution in [3.63, 3.8) is 0 Å². The Balaban J connectivity index is 1.64. The maximum absolute atomic E-state index is 12.1. The first kappa shape index (κ1) is 12.5. The molecule has 20 heavy (non-hydrogen) atoms. The van der Waals surface area contributed by atoms with Gasteiger partial charge in [0.1, 0.15) is 6.04 Å². The topological polar surface area (TPSA) is 84.8 Å². The second-order valence-electron chi connectivity index (χ2n) is 4.83. The summed E-state index contributed by atoms with van der Waals surface area (Å²) in [6.45, 7) is 0.816. The van der Waals surface area contributed by atoms with Gasteiger partial charge in [-0.15, -0.1) is 0 Å². The van der Waals surface area contributed by atoms with Gasteiger partial charge in [-0.1, -0.05) is 12.1 Å². The number of amides is 1. The first-order chi connectivity index (χ1) is 9.78. The van der Waals surface area contributed by atoms with E-state index in [1.54, 1.807) is 4.90 Å². The third kappa shape index (κ3) is 2.30. The minimum Gasteiger partial charge on any atom is -0.347 e. The highest BCUT2D eigenvalue weighted by Gasteiger charge is 2.28. The number of nitrogens with zero attached hydrogens (tertiary/aromatic N) is 3. The van der Waals surface area contributed by atoms with E-state index < -0.39 is 0 Å². The smallest absolute Gasteiger partial charge is 0.243 e. The van der Waals surface area contributed by atoms with Gasteiger partial charge in [0.25, 0.3) is 0 Å². The molecule has 0 spiro atoms. The van der Waals surface area contributed by atoms with E-state index in [2.05, 4.69) is 21.4 Å². The van der Waals surface area contributed by atoms with Gasteiger partial charge < -0.3 is 15.2 Å². The summed E-state index contributed by atoms with van der Waals surface area (Å²) in [5, 5.41) is 12.0. The van der Waals surface area contributed by atoms with Crippen LogP contribution in [0.4, 0.5) is 5.95 Å². The number of hydrogen-bond acceptors (Lipinski definition) is 4. The summed E-state index contributed by atoms with van der Waals surface area (Å²) in [6.07, 6.45) is 1.67. The third-order valence-electron chi connectivity index (χ3n) is 3.52. The number of carbonyl (C=O) groups is 1. The Hall–Kier alpha value is -2.55. The molecule has 102 valence electrons. The Labute approximate surface area is 116 Å². The normalized spacial score (nSPS) is 18.1. The van der Waals surface area contributed by atoms with Crippen LogP contribution in [0.2, 0.25) is 0 Å². The second kappa shape index (κ2) is 5.21. The fourth-order valence-corrected chi connectivity index (χ4v) is 2.50. The lowest BCUT2D eigenvalue weighted by molar-refractivity contribution is -0.129. The van der Waals surface area contributed by atoms with Crippen LogP contribution in [0.5, 0.6) is 0 Å². The van der Waals surface area contributed by atoms with E-state index in [9.17, 15) is 4.79 Å². The first-order valence-electron chi connectivity index (χ1n) is 6.65. The SMILES string of the molecule is N#C[C@@H]1CCCN1C(=O)CNc1nc2ccccc2[nH]1. The molecule has 6 heteroatoms. The van der Waals surface area contributed by atoms with Crippen LogP contribution in [0.15, 0.2) is 24.3 Å². The van der Waals surface area contributed by atoms with Gasteiger partial charge in [-0.05, 0) is 25.0 Å². The van der Waals surface area contributed by atoms with Gasteiger partial charge in [-0.3, -0.25) is 4.79 Å². The number of hydrogen-bond donors (Lipinski definition) is 2. The molecule has 6 nitrogen and oxygen atoms in total. The highest BCUT2D eigenvalue weighted by atomic mass is 16.2. The summed E-state index contributed by atoms with van der Waals surface area (Å²) >= 11 is 0. The van der Waals surface area contributed by atoms with Crippen LogP contribution in [0, 0.1) is 11.3 Å². The number of nitrogens with one attached hydrogen (secondary N) is 2. The van der Waals surface area contributed by atoms with Gasteiger partial charge in [0, 0.05) is 6.54 Å². The Kier molecular flexibility index (Phi) is 3.25. The maximum atomic E-state index is 12.1. The molecule has 0 aliphatic carbocycles. The van der Waals surface area contributed by atoms with Gasteiger partial charge >= 0.3 is 0 Å². The zero-order valence-corrected chi connectivity index (χ0v) is 11.0. The Morgan fingerprint density at radius 2 is 2.40 bits per heavy atom. The molecule has 1 atom stereocenters. The molecule has 3 rings (SSSR count). The number of aromatic nitrogens is 2. The number of nitriles is 1. The Morgan fingerprint density at radius 1 is 1.55 bits per heavy atom. The minimum atomic E-state index is -0.278. The molecule has 1 aliphatic heterocycles. The van der Waals surface area contributed by atoms with E-state index in [0.717, 1.165) is 23.9 Å². The number of benzene rings is 1. The van der Waals surface area contributed by atoms with Crippen molar-refractivity contribution in [3.8, 4) is 6.07 Å². The number of aromatic amines is 1. The van der Waals surface area contributed by atoms with E-state index in [4.69, 9.17) is 5.26 Å². The molecular weight excluding hydrogens is 254 g/mol. The van der Waals surface area contributed by atoms with Gasteiger partial charge in [-0.2, -0.15) is 5.26 Å². The summed E-state index contributed by atoms with van der Waals surface area (Å²) in [7, 11) is 0. The van der Waals surface area contributed by atoms with Gasteiger partial charge in [0.15, 0.2) is 0 Å². The molecule has 1 fully saturated rings. The fraction of sp³-hybridized carbons (Fsp3) is 0.357. The van der Waals surface area contributed by atoms with E-state index in [-0.39, 0.29) is 18.5 Å². The van der Waals surface area contributed by atoms with Crippen LogP contribution in [-0.4, -0.2) is 39.9 Å². The van der Waals surface area contributed by atoms with Gasteiger partial charge in [-0.25, -0.2) is 4.98 Å². The number of carbonyl (C=O) groups excluding carboxylic acids is 1. The number of rotatable bonds is 3. The first-order valence-corrected chi connectivity index (χ1v) is 6.65. The molecule has 1 aliphatic rings. The van der Waals surface area contributed by atoms with E-state index in [1.807, 2.05) is 24.3 Å². The number of anilines is 1. The number of fused-ring (bicyclic) bond motifs is 1. The number of H-pyrrole nitrogens is 1. The van der Waals surface area contributed by atoms with Crippen LogP contribution < -0.4 is 5.32 Å². The lowest BCUT2D eigenvalue weighted by Gasteiger charge is -2.19. The van der Waals surface area contributed by atoms with Crippen LogP contribution in [0.25, 0.3) is 11.0 Å². The van der Waals surface area contributed by atoms with Crippen molar-refractivity contribution < 1.29 is 4.79 Å². The molecule has 0 unspecified atom stereocenters. The highest BCUT2D eigenvalue weighted by molar-refractivity contribution is 5.82. The average molecular weight is 269 g/mol. The molecule has 2 aromatic rings. The van der Waals surface area contributed by atoms with Crippen molar-refractivity contribution in [2.75, 3.05) is 18.4 Å². The monoisotopic (exact) mass is 269 g/mol. The standard InChI is InChI=1S/C14H15N5O/c15-8-10-4-3-7-19(10)13(20)9-16-14-17-11-5-1-2-6-12(11)18-14/h1-2,5-6,10H,3-4,7,9H2,(H2,16,17,18)/t10-/m0/s1. The molecule has 1 amide bonds. The number of likely N-dealkylation sites (tertiary alicyclic amines) is 1. The van der Waals surface area contributed by atoms with Crippen molar-refractivity contribution in [1.82, 2.24) is 14.9 Å². The van der Waals surface area contributed by atoms with Crippen LogP contribution in [0.1, 0.15) is 12.8 Å². The van der Waals surface area contributed by atoms with Crippen molar-refractivity contribution in [1.29, 1.82) is 5.26 Å². The summed E-state index contributed by atoms with van der Waals surface area (Å²) < 4.78 is 0. The minimum absolute atomic E-state index is 0.0606. The predicted octanol–water partition coefficient (Wildman–Crippen LogP) is 1.49. The van der Waals surface area contributed by atoms with E-state index in [1.165, 1.54) is 0 Å². The lowest BCUT2D eigenvalue weighted by atomic mass is 10.2. The van der Waals surface area contributed by atoms with Crippen molar-refractivity contribution in [2.24, 2.45) is 0 Å². The molecule has 0 bridgehead atoms. The van der Waals surface area contributed by atoms with Crippen molar-refractivity contribution in [3.05, 3.63) is 24.3 Å². The lowest BCUT2D eigenvalue weighted by Crippen LogP contribution is -2.38. The third-order valence-corrected chi connectivity index (χ3v) is 3.52. The largest absolute Gasteiger partial charge is 0.347 e. The zero-order chi connectivity index (χ0) is 13.9. The fourth-order valence-electron chi connectivity index (χ4n) is 2.50. The second-order valence-corrected chi connectivity index (χ2v) is 4.83. The maximum Gasteiger partial charge on any atom is 0.243 e. The van der Waals surface area contributed by atoms with Crippen molar-refractivity contribution >= 4 is 22.9 Å². The molecule has 0 saturated carbocycles. The molecule has 1 saturated heterocycles. The summed E-state index contributed by atoms with van der Waals surface area (Å²) in [6, 6.07) is 9.57. The highest BCUT2D eigenvalue weighted by Crippen LogP contribution is 2.17. The molecule has 2 N–H and O–H groups in total. The molecular formula is C14H15N5O. The quantitative estimate of drug-likeness (QED) is 0.884. The Bertz CT molecular complexity index is 638. The van der Waals surface area contributed by atoms with E-state index in [0.29, 0.717) is 12.5 Å².